The Morgan fingerprint density at radius 3 is 2.84 bits per heavy atom. The minimum atomic E-state index is -0.567. The molecule has 0 fully saturated rings. The standard InChI is InChI=1S/C13H20ClN3O2/c1-4-5-15-12-11(14)6-10(7-16-12)13(19)17(3)8-9(2)18/h6-7,9,18H,4-5,8H2,1-3H3,(H,15,16). The van der Waals surface area contributed by atoms with Crippen LogP contribution < -0.4 is 5.32 Å². The molecule has 1 rings (SSSR count). The predicted molar refractivity (Wildman–Crippen MR) is 76.7 cm³/mol. The van der Waals surface area contributed by atoms with E-state index in [2.05, 4.69) is 10.3 Å². The molecule has 0 aliphatic rings. The van der Waals surface area contributed by atoms with Crippen LogP contribution in [0, 0.1) is 0 Å². The lowest BCUT2D eigenvalue weighted by atomic mass is 10.2. The fourth-order valence-electron chi connectivity index (χ4n) is 1.63. The van der Waals surface area contributed by atoms with Crippen LogP contribution in [0.3, 0.4) is 0 Å². The summed E-state index contributed by atoms with van der Waals surface area (Å²) in [5.74, 6) is 0.371. The molecule has 19 heavy (non-hydrogen) atoms. The van der Waals surface area contributed by atoms with Crippen LogP contribution in [0.5, 0.6) is 0 Å². The topological polar surface area (TPSA) is 65.5 Å². The molecule has 0 aliphatic heterocycles. The highest BCUT2D eigenvalue weighted by molar-refractivity contribution is 6.33. The third-order valence-corrected chi connectivity index (χ3v) is 2.80. The fraction of sp³-hybridized carbons (Fsp3) is 0.538. The number of likely N-dealkylation sites (N-methyl/N-ethyl adjacent to an activating group) is 1. The summed E-state index contributed by atoms with van der Waals surface area (Å²) in [5.41, 5.74) is 0.412. The van der Waals surface area contributed by atoms with Gasteiger partial charge in [-0.15, -0.1) is 0 Å². The maximum atomic E-state index is 12.1. The number of amides is 1. The number of nitrogens with zero attached hydrogens (tertiary/aromatic N) is 2. The first kappa shape index (κ1) is 15.7. The van der Waals surface area contributed by atoms with Crippen LogP contribution in [0.1, 0.15) is 30.6 Å². The second-order valence-corrected chi connectivity index (χ2v) is 4.92. The maximum Gasteiger partial charge on any atom is 0.255 e. The van der Waals surface area contributed by atoms with Crippen LogP contribution in [0.2, 0.25) is 5.02 Å². The molecule has 5 nitrogen and oxygen atoms in total. The molecule has 0 radical (unpaired) electrons. The lowest BCUT2D eigenvalue weighted by molar-refractivity contribution is 0.0703. The van der Waals surface area contributed by atoms with Crippen molar-refractivity contribution in [1.29, 1.82) is 0 Å². The smallest absolute Gasteiger partial charge is 0.255 e. The largest absolute Gasteiger partial charge is 0.392 e. The van der Waals surface area contributed by atoms with Crippen molar-refractivity contribution < 1.29 is 9.90 Å². The SMILES string of the molecule is CCCNc1ncc(C(=O)N(C)CC(C)O)cc1Cl. The Kier molecular flexibility index (Phi) is 6.05. The predicted octanol–water partition coefficient (Wildman–Crippen LogP) is 2.01. The highest BCUT2D eigenvalue weighted by Gasteiger charge is 2.15. The number of nitrogens with one attached hydrogen (secondary N) is 1. The molecule has 0 aliphatic carbocycles. The van der Waals surface area contributed by atoms with Gasteiger partial charge in [0.05, 0.1) is 16.7 Å². The number of anilines is 1. The molecular weight excluding hydrogens is 266 g/mol. The van der Waals surface area contributed by atoms with Crippen molar-refractivity contribution in [2.45, 2.75) is 26.4 Å². The van der Waals surface area contributed by atoms with Crippen molar-refractivity contribution >= 4 is 23.3 Å². The summed E-state index contributed by atoms with van der Waals surface area (Å²) in [5, 5.41) is 12.8. The van der Waals surface area contributed by atoms with Crippen molar-refractivity contribution in [3.05, 3.63) is 22.8 Å². The van der Waals surface area contributed by atoms with E-state index in [9.17, 15) is 9.90 Å². The Labute approximate surface area is 118 Å². The van der Waals surface area contributed by atoms with Crippen LogP contribution in [-0.4, -0.2) is 47.1 Å². The van der Waals surface area contributed by atoms with Crippen LogP contribution in [0.15, 0.2) is 12.3 Å². The molecule has 6 heteroatoms. The minimum Gasteiger partial charge on any atom is -0.392 e. The van der Waals surface area contributed by atoms with Gasteiger partial charge >= 0.3 is 0 Å². The van der Waals surface area contributed by atoms with Crippen LogP contribution in [-0.2, 0) is 0 Å². The lowest BCUT2D eigenvalue weighted by Crippen LogP contribution is -2.33. The zero-order valence-electron chi connectivity index (χ0n) is 11.5. The number of aromatic nitrogens is 1. The van der Waals surface area contributed by atoms with E-state index in [0.717, 1.165) is 13.0 Å². The molecule has 1 aromatic rings. The minimum absolute atomic E-state index is 0.211. The Balaban J connectivity index is 2.79. The van der Waals surface area contributed by atoms with Gasteiger partial charge in [0.15, 0.2) is 0 Å². The van der Waals surface area contributed by atoms with Crippen molar-refractivity contribution in [3.8, 4) is 0 Å². The summed E-state index contributed by atoms with van der Waals surface area (Å²) >= 11 is 6.07. The van der Waals surface area contributed by atoms with Gasteiger partial charge in [0.25, 0.3) is 5.91 Å². The summed E-state index contributed by atoms with van der Waals surface area (Å²) in [6.07, 6.45) is 1.89. The summed E-state index contributed by atoms with van der Waals surface area (Å²) in [4.78, 5) is 17.6. The van der Waals surface area contributed by atoms with Gasteiger partial charge in [0.2, 0.25) is 0 Å². The first-order chi connectivity index (χ1) is 8.95. The van der Waals surface area contributed by atoms with Gasteiger partial charge in [-0.1, -0.05) is 18.5 Å². The van der Waals surface area contributed by atoms with Gasteiger partial charge < -0.3 is 15.3 Å². The zero-order chi connectivity index (χ0) is 14.4. The first-order valence-electron chi connectivity index (χ1n) is 6.28. The fourth-order valence-corrected chi connectivity index (χ4v) is 1.86. The van der Waals surface area contributed by atoms with E-state index >= 15 is 0 Å². The van der Waals surface area contributed by atoms with E-state index in [0.29, 0.717) is 16.4 Å². The number of carbonyl (C=O) groups is 1. The molecule has 2 N–H and O–H groups in total. The van der Waals surface area contributed by atoms with Crippen molar-refractivity contribution in [3.63, 3.8) is 0 Å². The van der Waals surface area contributed by atoms with E-state index in [1.54, 1.807) is 20.0 Å². The Morgan fingerprint density at radius 1 is 1.63 bits per heavy atom. The molecule has 1 unspecified atom stereocenters. The van der Waals surface area contributed by atoms with Crippen molar-refractivity contribution in [1.82, 2.24) is 9.88 Å². The second-order valence-electron chi connectivity index (χ2n) is 4.52. The van der Waals surface area contributed by atoms with Gasteiger partial charge in [-0.05, 0) is 19.4 Å². The Hall–Kier alpha value is -1.33. The van der Waals surface area contributed by atoms with Gasteiger partial charge in [-0.25, -0.2) is 4.98 Å². The van der Waals surface area contributed by atoms with Crippen LogP contribution >= 0.6 is 11.6 Å². The third kappa shape index (κ3) is 4.69. The van der Waals surface area contributed by atoms with E-state index < -0.39 is 6.10 Å². The average Bonchev–Trinajstić information content (AvgIpc) is 2.35. The van der Waals surface area contributed by atoms with E-state index in [1.165, 1.54) is 11.1 Å². The number of aliphatic hydroxyl groups is 1. The second kappa shape index (κ2) is 7.31. The molecule has 1 aromatic heterocycles. The van der Waals surface area contributed by atoms with Gasteiger partial charge in [-0.3, -0.25) is 4.79 Å². The molecule has 0 saturated carbocycles. The Morgan fingerprint density at radius 2 is 2.32 bits per heavy atom. The molecular formula is C13H20ClN3O2. The van der Waals surface area contributed by atoms with E-state index in [-0.39, 0.29) is 12.5 Å². The van der Waals surface area contributed by atoms with E-state index in [1.807, 2.05) is 6.92 Å². The molecule has 0 spiro atoms. The zero-order valence-corrected chi connectivity index (χ0v) is 12.2. The molecule has 1 atom stereocenters. The number of carbonyl (C=O) groups excluding carboxylic acids is 1. The monoisotopic (exact) mass is 285 g/mol. The molecule has 0 saturated heterocycles. The molecule has 0 bridgehead atoms. The number of hydrogen-bond donors (Lipinski definition) is 2. The highest BCUT2D eigenvalue weighted by atomic mass is 35.5. The van der Waals surface area contributed by atoms with Gasteiger partial charge in [0, 0.05) is 26.3 Å². The first-order valence-corrected chi connectivity index (χ1v) is 6.66. The number of rotatable bonds is 6. The van der Waals surface area contributed by atoms with Gasteiger partial charge in [-0.2, -0.15) is 0 Å². The lowest BCUT2D eigenvalue weighted by Gasteiger charge is -2.19. The Bertz CT molecular complexity index is 438. The van der Waals surface area contributed by atoms with Crippen LogP contribution in [0.4, 0.5) is 5.82 Å². The van der Waals surface area contributed by atoms with Crippen LogP contribution in [0.25, 0.3) is 0 Å². The quantitative estimate of drug-likeness (QED) is 0.839. The average molecular weight is 286 g/mol. The summed E-state index contributed by atoms with van der Waals surface area (Å²) in [6, 6.07) is 1.59. The number of hydrogen-bond acceptors (Lipinski definition) is 4. The van der Waals surface area contributed by atoms with E-state index in [4.69, 9.17) is 11.6 Å². The maximum absolute atomic E-state index is 12.1. The van der Waals surface area contributed by atoms with Crippen molar-refractivity contribution in [2.75, 3.05) is 25.5 Å². The highest BCUT2D eigenvalue weighted by Crippen LogP contribution is 2.20. The summed E-state index contributed by atoms with van der Waals surface area (Å²) in [6.45, 7) is 4.73. The molecule has 1 heterocycles. The van der Waals surface area contributed by atoms with Crippen molar-refractivity contribution in [2.24, 2.45) is 0 Å². The number of halogens is 1. The normalized spacial score (nSPS) is 12.1. The molecule has 106 valence electrons. The number of aliphatic hydroxyl groups excluding tert-OH is 1. The molecule has 0 aromatic carbocycles. The number of pyridine rings is 1. The third-order valence-electron chi connectivity index (χ3n) is 2.52. The summed E-state index contributed by atoms with van der Waals surface area (Å²) in [7, 11) is 1.63. The molecule has 1 amide bonds. The van der Waals surface area contributed by atoms with Gasteiger partial charge in [0.1, 0.15) is 5.82 Å². The summed E-state index contributed by atoms with van der Waals surface area (Å²) < 4.78 is 0.